The molecule has 0 aromatic rings. The summed E-state index contributed by atoms with van der Waals surface area (Å²) in [4.78, 5) is 34.9. The first kappa shape index (κ1) is 19.5. The number of carbonyl (C=O) groups excluding carboxylic acids is 3. The van der Waals surface area contributed by atoms with Crippen LogP contribution < -0.4 is 10.6 Å². The molecule has 0 spiro atoms. The van der Waals surface area contributed by atoms with Crippen LogP contribution in [0.5, 0.6) is 0 Å². The van der Waals surface area contributed by atoms with Gasteiger partial charge in [0.2, 0.25) is 11.7 Å². The number of ketones is 1. The molecule has 23 heavy (non-hydrogen) atoms. The predicted octanol–water partition coefficient (Wildman–Crippen LogP) is -1.26. The van der Waals surface area contributed by atoms with Crippen molar-refractivity contribution in [3.05, 3.63) is 0 Å². The highest BCUT2D eigenvalue weighted by Gasteiger charge is 2.32. The molecule has 0 radical (unpaired) electrons. The van der Waals surface area contributed by atoms with Crippen molar-refractivity contribution in [3.63, 3.8) is 0 Å². The third kappa shape index (κ3) is 6.25. The van der Waals surface area contributed by atoms with Gasteiger partial charge in [0.05, 0.1) is 12.7 Å². The van der Waals surface area contributed by atoms with E-state index in [1.165, 1.54) is 0 Å². The van der Waals surface area contributed by atoms with E-state index in [0.29, 0.717) is 13.2 Å². The number of ether oxygens (including phenoxy) is 1. The Morgan fingerprint density at radius 2 is 2.00 bits per heavy atom. The Balaban J connectivity index is 2.24. The Labute approximate surface area is 135 Å². The van der Waals surface area contributed by atoms with Gasteiger partial charge in [0.25, 0.3) is 5.91 Å². The Kier molecular flexibility index (Phi) is 7.60. The first-order valence-electron chi connectivity index (χ1n) is 7.77. The number of aliphatic hydroxyl groups excluding tert-OH is 2. The van der Waals surface area contributed by atoms with Crippen molar-refractivity contribution in [1.29, 1.82) is 0 Å². The van der Waals surface area contributed by atoms with Gasteiger partial charge in [0.1, 0.15) is 6.10 Å². The van der Waals surface area contributed by atoms with E-state index in [4.69, 9.17) is 9.84 Å². The molecule has 8 nitrogen and oxygen atoms in total. The Hall–Kier alpha value is -1.51. The van der Waals surface area contributed by atoms with Gasteiger partial charge in [-0.2, -0.15) is 0 Å². The highest BCUT2D eigenvalue weighted by atomic mass is 16.5. The second kappa shape index (κ2) is 8.95. The van der Waals surface area contributed by atoms with E-state index in [2.05, 4.69) is 10.6 Å². The van der Waals surface area contributed by atoms with E-state index in [-0.39, 0.29) is 25.7 Å². The van der Waals surface area contributed by atoms with Crippen LogP contribution in [0.2, 0.25) is 0 Å². The van der Waals surface area contributed by atoms with E-state index in [1.807, 2.05) is 0 Å². The molecule has 1 aliphatic heterocycles. The van der Waals surface area contributed by atoms with Crippen LogP contribution in [0, 0.1) is 5.41 Å². The molecule has 2 amide bonds. The molecule has 4 N–H and O–H groups in total. The molecule has 1 aliphatic rings. The molecule has 132 valence electrons. The zero-order valence-corrected chi connectivity index (χ0v) is 13.6. The molecule has 0 aromatic carbocycles. The maximum atomic E-state index is 11.7. The zero-order valence-electron chi connectivity index (χ0n) is 13.6. The molecule has 0 saturated carbocycles. The molecular formula is C15H26N2O6. The van der Waals surface area contributed by atoms with E-state index in [1.54, 1.807) is 13.8 Å². The van der Waals surface area contributed by atoms with Crippen LogP contribution in [0.1, 0.15) is 33.1 Å². The number of nitrogens with one attached hydrogen (secondary N) is 2. The van der Waals surface area contributed by atoms with Crippen LogP contribution in [0.4, 0.5) is 0 Å². The summed E-state index contributed by atoms with van der Waals surface area (Å²) in [5.41, 5.74) is -0.979. The van der Waals surface area contributed by atoms with E-state index >= 15 is 0 Å². The maximum absolute atomic E-state index is 11.7. The number of rotatable bonds is 9. The lowest BCUT2D eigenvalue weighted by Gasteiger charge is -2.27. The molecule has 2 atom stereocenters. The van der Waals surface area contributed by atoms with Crippen molar-refractivity contribution < 1.29 is 29.3 Å². The van der Waals surface area contributed by atoms with Crippen LogP contribution >= 0.6 is 0 Å². The fourth-order valence-corrected chi connectivity index (χ4v) is 2.06. The Morgan fingerprint density at radius 3 is 2.57 bits per heavy atom. The van der Waals surface area contributed by atoms with Crippen LogP contribution in [0.25, 0.3) is 0 Å². The van der Waals surface area contributed by atoms with Gasteiger partial charge in [-0.15, -0.1) is 0 Å². The van der Waals surface area contributed by atoms with E-state index in [0.717, 1.165) is 12.8 Å². The monoisotopic (exact) mass is 330 g/mol. The van der Waals surface area contributed by atoms with Gasteiger partial charge in [0.15, 0.2) is 0 Å². The second-order valence-corrected chi connectivity index (χ2v) is 6.36. The van der Waals surface area contributed by atoms with E-state index in [9.17, 15) is 19.5 Å². The normalized spacial score (nSPS) is 19.2. The minimum absolute atomic E-state index is 0.0395. The number of carbonyl (C=O) groups is 3. The lowest BCUT2D eigenvalue weighted by atomic mass is 9.87. The van der Waals surface area contributed by atoms with Gasteiger partial charge in [-0.25, -0.2) is 0 Å². The molecule has 0 aromatic heterocycles. The van der Waals surface area contributed by atoms with Crippen molar-refractivity contribution in [3.8, 4) is 0 Å². The van der Waals surface area contributed by atoms with Crippen molar-refractivity contribution in [2.45, 2.75) is 45.3 Å². The number of hydrogen-bond acceptors (Lipinski definition) is 6. The first-order valence-corrected chi connectivity index (χ1v) is 7.77. The first-order chi connectivity index (χ1) is 10.8. The van der Waals surface area contributed by atoms with Gasteiger partial charge in [-0.3, -0.25) is 14.4 Å². The Bertz CT molecular complexity index is 432. The van der Waals surface area contributed by atoms with Gasteiger partial charge in [-0.05, 0) is 12.8 Å². The van der Waals surface area contributed by atoms with Crippen LogP contribution in [-0.4, -0.2) is 66.3 Å². The molecule has 0 bridgehead atoms. The lowest BCUT2D eigenvalue weighted by molar-refractivity contribution is -0.139. The molecule has 0 aliphatic carbocycles. The summed E-state index contributed by atoms with van der Waals surface area (Å²) >= 11 is 0. The minimum Gasteiger partial charge on any atom is -0.396 e. The topological polar surface area (TPSA) is 125 Å². The summed E-state index contributed by atoms with van der Waals surface area (Å²) in [6, 6.07) is 0. The van der Waals surface area contributed by atoms with Gasteiger partial charge < -0.3 is 25.6 Å². The summed E-state index contributed by atoms with van der Waals surface area (Å²) in [7, 11) is 0. The molecule has 1 fully saturated rings. The number of hydrogen-bond donors (Lipinski definition) is 4. The largest absolute Gasteiger partial charge is 0.396 e. The average Bonchev–Trinajstić information content (AvgIpc) is 3.04. The third-order valence-electron chi connectivity index (χ3n) is 3.81. The fraction of sp³-hybridized carbons (Fsp3) is 0.800. The van der Waals surface area contributed by atoms with Crippen molar-refractivity contribution >= 4 is 17.6 Å². The van der Waals surface area contributed by atoms with Crippen molar-refractivity contribution in [1.82, 2.24) is 10.6 Å². The quantitative estimate of drug-likeness (QED) is 0.391. The number of aliphatic hydroxyl groups is 2. The maximum Gasteiger partial charge on any atom is 0.287 e. The van der Waals surface area contributed by atoms with Crippen LogP contribution in [0.3, 0.4) is 0 Å². The van der Waals surface area contributed by atoms with Crippen molar-refractivity contribution in [2.24, 2.45) is 5.41 Å². The molecule has 1 heterocycles. The molecule has 1 saturated heterocycles. The summed E-state index contributed by atoms with van der Waals surface area (Å²) in [6.07, 6.45) is 0.226. The highest BCUT2D eigenvalue weighted by Crippen LogP contribution is 2.19. The molecule has 1 rings (SSSR count). The SMILES string of the molecule is CC(C)(CO)[C@@H](O)C(=O)NCCC(=O)C(=O)NCC1CCCO1. The summed E-state index contributed by atoms with van der Waals surface area (Å²) in [5, 5.41) is 23.8. The van der Waals surface area contributed by atoms with Crippen LogP contribution in [-0.2, 0) is 19.1 Å². The van der Waals surface area contributed by atoms with Gasteiger partial charge in [-0.1, -0.05) is 13.8 Å². The molecular weight excluding hydrogens is 304 g/mol. The average molecular weight is 330 g/mol. The minimum atomic E-state index is -1.39. The fourth-order valence-electron chi connectivity index (χ4n) is 2.06. The zero-order chi connectivity index (χ0) is 17.5. The van der Waals surface area contributed by atoms with Gasteiger partial charge in [0, 0.05) is 31.5 Å². The Morgan fingerprint density at radius 1 is 1.30 bits per heavy atom. The lowest BCUT2D eigenvalue weighted by Crippen LogP contribution is -2.46. The molecule has 1 unspecified atom stereocenters. The van der Waals surface area contributed by atoms with Gasteiger partial charge >= 0.3 is 0 Å². The summed E-state index contributed by atoms with van der Waals surface area (Å²) in [6.45, 7) is 3.66. The van der Waals surface area contributed by atoms with E-state index < -0.39 is 29.1 Å². The summed E-state index contributed by atoms with van der Waals surface area (Å²) < 4.78 is 5.33. The smallest absolute Gasteiger partial charge is 0.287 e. The number of Topliss-reactive ketones (excluding diaryl/α,β-unsaturated/α-hetero) is 1. The third-order valence-corrected chi connectivity index (χ3v) is 3.81. The van der Waals surface area contributed by atoms with Crippen molar-refractivity contribution in [2.75, 3.05) is 26.3 Å². The molecule has 8 heteroatoms. The number of amides is 2. The second-order valence-electron chi connectivity index (χ2n) is 6.36. The highest BCUT2D eigenvalue weighted by molar-refractivity contribution is 6.36. The van der Waals surface area contributed by atoms with Crippen LogP contribution in [0.15, 0.2) is 0 Å². The summed E-state index contributed by atoms with van der Waals surface area (Å²) in [5.74, 6) is -2.03. The predicted molar refractivity (Wildman–Crippen MR) is 81.5 cm³/mol. The standard InChI is InChI=1S/C15H26N2O6/c1-15(2,9-18)12(20)14(22)16-6-5-11(19)13(21)17-8-10-4-3-7-23-10/h10,12,18,20H,3-9H2,1-2H3,(H,16,22)(H,17,21)/t10?,12-/m0/s1.